The number of nitrogen functional groups attached to an aromatic ring is 1. The van der Waals surface area contributed by atoms with Crippen molar-refractivity contribution in [2.45, 2.75) is 6.18 Å². The van der Waals surface area contributed by atoms with Gasteiger partial charge in [-0.05, 0) is 12.1 Å². The lowest BCUT2D eigenvalue weighted by atomic mass is 10.1. The highest BCUT2D eigenvalue weighted by molar-refractivity contribution is 5.91. The molecule has 0 amide bonds. The van der Waals surface area contributed by atoms with Gasteiger partial charge in [0.15, 0.2) is 17.5 Å². The van der Waals surface area contributed by atoms with Gasteiger partial charge >= 0.3 is 6.18 Å². The minimum absolute atomic E-state index is 0.396. The van der Waals surface area contributed by atoms with Crippen LogP contribution in [-0.2, 0) is 6.18 Å². The molecule has 0 saturated carbocycles. The van der Waals surface area contributed by atoms with Gasteiger partial charge in [-0.2, -0.15) is 13.2 Å². The number of fused-ring (bicyclic) bond motifs is 1. The maximum atomic E-state index is 13.4. The molecule has 2 rings (SSSR count). The number of nitrogens with two attached hydrogens (primary N) is 1. The molecule has 0 radical (unpaired) electrons. The summed E-state index contributed by atoms with van der Waals surface area (Å²) in [5.41, 5.74) is -0.992. The summed E-state index contributed by atoms with van der Waals surface area (Å²) in [5.74, 6) is -0.279. The third-order valence-corrected chi connectivity index (χ3v) is 2.39. The molecule has 102 valence electrons. The first-order valence-corrected chi connectivity index (χ1v) is 4.77. The third kappa shape index (κ3) is 2.16. The number of nitrogens with zero attached hydrogens (tertiary/aromatic N) is 1. The van der Waals surface area contributed by atoms with Gasteiger partial charge in [0.2, 0.25) is 0 Å². The van der Waals surface area contributed by atoms with E-state index in [0.717, 1.165) is 0 Å². The normalized spacial score (nSPS) is 11.9. The SMILES string of the molecule is NNc1cc(C(F)(F)F)nc2c(F)c(F)c(F)cc12. The fourth-order valence-electron chi connectivity index (χ4n) is 1.53. The zero-order valence-electron chi connectivity index (χ0n) is 8.95. The van der Waals surface area contributed by atoms with Gasteiger partial charge in [-0.1, -0.05) is 0 Å². The Bertz CT molecular complexity index is 652. The van der Waals surface area contributed by atoms with E-state index < -0.39 is 45.9 Å². The molecule has 9 heteroatoms. The van der Waals surface area contributed by atoms with E-state index in [-0.39, 0.29) is 0 Å². The van der Waals surface area contributed by atoms with Gasteiger partial charge in [0.25, 0.3) is 0 Å². The lowest BCUT2D eigenvalue weighted by molar-refractivity contribution is -0.140. The van der Waals surface area contributed by atoms with Crippen molar-refractivity contribution in [1.29, 1.82) is 0 Å². The molecule has 1 aromatic heterocycles. The van der Waals surface area contributed by atoms with E-state index >= 15 is 0 Å². The Hall–Kier alpha value is -2.03. The zero-order valence-corrected chi connectivity index (χ0v) is 8.95. The molecule has 0 spiro atoms. The van der Waals surface area contributed by atoms with Gasteiger partial charge in [-0.15, -0.1) is 0 Å². The van der Waals surface area contributed by atoms with Crippen molar-refractivity contribution in [3.05, 3.63) is 35.3 Å². The van der Waals surface area contributed by atoms with Crippen LogP contribution in [0.1, 0.15) is 5.69 Å². The van der Waals surface area contributed by atoms with Crippen molar-refractivity contribution in [1.82, 2.24) is 4.98 Å². The molecule has 0 aliphatic heterocycles. The minimum Gasteiger partial charge on any atom is -0.323 e. The molecule has 0 atom stereocenters. The number of hydrogen-bond acceptors (Lipinski definition) is 3. The van der Waals surface area contributed by atoms with Crippen molar-refractivity contribution in [2.75, 3.05) is 5.43 Å². The molecule has 19 heavy (non-hydrogen) atoms. The average molecular weight is 281 g/mol. The van der Waals surface area contributed by atoms with E-state index in [0.29, 0.717) is 12.1 Å². The lowest BCUT2D eigenvalue weighted by Crippen LogP contribution is -2.13. The van der Waals surface area contributed by atoms with Gasteiger partial charge in [0.1, 0.15) is 11.2 Å². The van der Waals surface area contributed by atoms with Crippen LogP contribution in [0.5, 0.6) is 0 Å². The summed E-state index contributed by atoms with van der Waals surface area (Å²) in [6.07, 6.45) is -4.88. The molecule has 1 aromatic carbocycles. The van der Waals surface area contributed by atoms with Crippen LogP contribution in [0.15, 0.2) is 12.1 Å². The van der Waals surface area contributed by atoms with E-state index in [1.165, 1.54) is 0 Å². The van der Waals surface area contributed by atoms with E-state index in [1.54, 1.807) is 0 Å². The van der Waals surface area contributed by atoms with Gasteiger partial charge in [-0.3, -0.25) is 5.84 Å². The van der Waals surface area contributed by atoms with Crippen LogP contribution in [0, 0.1) is 17.5 Å². The smallest absolute Gasteiger partial charge is 0.323 e. The number of rotatable bonds is 1. The fourth-order valence-corrected chi connectivity index (χ4v) is 1.53. The number of aromatic nitrogens is 1. The third-order valence-electron chi connectivity index (χ3n) is 2.39. The number of hydrogen-bond donors (Lipinski definition) is 2. The summed E-state index contributed by atoms with van der Waals surface area (Å²) in [6.45, 7) is 0. The monoisotopic (exact) mass is 281 g/mol. The molecule has 1 heterocycles. The van der Waals surface area contributed by atoms with Gasteiger partial charge in [0.05, 0.1) is 5.69 Å². The van der Waals surface area contributed by atoms with Crippen LogP contribution < -0.4 is 11.3 Å². The topological polar surface area (TPSA) is 50.9 Å². The highest BCUT2D eigenvalue weighted by atomic mass is 19.4. The van der Waals surface area contributed by atoms with Gasteiger partial charge in [-0.25, -0.2) is 18.2 Å². The molecular formula is C10H5F6N3. The molecule has 0 aliphatic carbocycles. The highest BCUT2D eigenvalue weighted by Gasteiger charge is 2.34. The summed E-state index contributed by atoms with van der Waals surface area (Å²) in [4.78, 5) is 2.95. The molecule has 0 saturated heterocycles. The number of nitrogens with one attached hydrogen (secondary N) is 1. The zero-order chi connectivity index (χ0) is 14.4. The van der Waals surface area contributed by atoms with Crippen molar-refractivity contribution < 1.29 is 26.3 Å². The standard InChI is InChI=1S/C10H5F6N3/c11-4-1-3-5(19-17)2-6(10(14,15)16)18-9(3)8(13)7(4)12/h1-2H,17H2,(H,18,19). The Kier molecular flexibility index (Phi) is 3.01. The summed E-state index contributed by atoms with van der Waals surface area (Å²) >= 11 is 0. The second kappa shape index (κ2) is 4.26. The molecule has 2 aromatic rings. The van der Waals surface area contributed by atoms with Gasteiger partial charge in [0, 0.05) is 5.39 Å². The lowest BCUT2D eigenvalue weighted by Gasteiger charge is -2.12. The van der Waals surface area contributed by atoms with E-state index in [9.17, 15) is 26.3 Å². The first-order valence-electron chi connectivity index (χ1n) is 4.77. The second-order valence-electron chi connectivity index (χ2n) is 3.58. The molecule has 3 N–H and O–H groups in total. The first-order chi connectivity index (χ1) is 8.75. The molecule has 0 aliphatic rings. The quantitative estimate of drug-likeness (QED) is 0.366. The van der Waals surface area contributed by atoms with E-state index in [1.807, 2.05) is 5.43 Å². The van der Waals surface area contributed by atoms with Crippen LogP contribution in [-0.4, -0.2) is 4.98 Å². The Labute approximate surface area is 102 Å². The van der Waals surface area contributed by atoms with E-state index in [4.69, 9.17) is 5.84 Å². The summed E-state index contributed by atoms with van der Waals surface area (Å²) in [5, 5.41) is -0.396. The molecular weight excluding hydrogens is 276 g/mol. The summed E-state index contributed by atoms with van der Waals surface area (Å²) in [6, 6.07) is 0.981. The van der Waals surface area contributed by atoms with Crippen LogP contribution >= 0.6 is 0 Å². The van der Waals surface area contributed by atoms with Crippen LogP contribution in [0.4, 0.5) is 32.0 Å². The summed E-state index contributed by atoms with van der Waals surface area (Å²) in [7, 11) is 0. The number of pyridine rings is 1. The van der Waals surface area contributed by atoms with Gasteiger partial charge < -0.3 is 5.43 Å². The maximum Gasteiger partial charge on any atom is 0.433 e. The Balaban J connectivity index is 2.90. The predicted octanol–water partition coefficient (Wildman–Crippen LogP) is 2.96. The van der Waals surface area contributed by atoms with Crippen LogP contribution in [0.3, 0.4) is 0 Å². The summed E-state index contributed by atoms with van der Waals surface area (Å²) < 4.78 is 77.0. The van der Waals surface area contributed by atoms with Crippen molar-refractivity contribution in [2.24, 2.45) is 5.84 Å². The van der Waals surface area contributed by atoms with Crippen molar-refractivity contribution in [3.63, 3.8) is 0 Å². The molecule has 0 unspecified atom stereocenters. The number of hydrazine groups is 1. The minimum atomic E-state index is -4.88. The molecule has 0 fully saturated rings. The Morgan fingerprint density at radius 1 is 1.05 bits per heavy atom. The Morgan fingerprint density at radius 2 is 1.68 bits per heavy atom. The largest absolute Gasteiger partial charge is 0.433 e. The van der Waals surface area contributed by atoms with Crippen LogP contribution in [0.25, 0.3) is 10.9 Å². The fraction of sp³-hybridized carbons (Fsp3) is 0.100. The van der Waals surface area contributed by atoms with Crippen molar-refractivity contribution >= 4 is 16.6 Å². The molecule has 3 nitrogen and oxygen atoms in total. The molecule has 0 bridgehead atoms. The number of benzene rings is 1. The number of anilines is 1. The predicted molar refractivity (Wildman–Crippen MR) is 54.4 cm³/mol. The maximum absolute atomic E-state index is 13.4. The second-order valence-corrected chi connectivity index (χ2v) is 3.58. The van der Waals surface area contributed by atoms with Crippen molar-refractivity contribution in [3.8, 4) is 0 Å². The van der Waals surface area contributed by atoms with E-state index in [2.05, 4.69) is 4.98 Å². The number of alkyl halides is 3. The Morgan fingerprint density at radius 3 is 2.21 bits per heavy atom. The highest BCUT2D eigenvalue weighted by Crippen LogP contribution is 2.34. The first kappa shape index (κ1) is 13.4. The van der Waals surface area contributed by atoms with Crippen LogP contribution in [0.2, 0.25) is 0 Å². The average Bonchev–Trinajstić information content (AvgIpc) is 2.34. The number of halogens is 6.